The molecule has 0 aliphatic carbocycles. The Labute approximate surface area is 100 Å². The van der Waals surface area contributed by atoms with E-state index < -0.39 is 0 Å². The molecule has 1 N–H and O–H groups in total. The average molecular weight is 238 g/mol. The highest BCUT2D eigenvalue weighted by atomic mass is 35.5. The van der Waals surface area contributed by atoms with Crippen LogP contribution in [-0.4, -0.2) is 16.3 Å². The van der Waals surface area contributed by atoms with Crippen molar-refractivity contribution in [2.24, 2.45) is 7.05 Å². The van der Waals surface area contributed by atoms with Crippen molar-refractivity contribution < 1.29 is 5.11 Å². The summed E-state index contributed by atoms with van der Waals surface area (Å²) in [5, 5.41) is 11.2. The number of benzene rings is 1. The second-order valence-electron chi connectivity index (χ2n) is 4.83. The number of fused-ring (bicyclic) bond motifs is 1. The highest BCUT2D eigenvalue weighted by molar-refractivity contribution is 6.36. The standard InChI is InChI=1S/C13H16ClNO/c1-13(2,8-16)9-5-4-6-11-12(9)10(14)7-15(11)3/h4-7,16H,8H2,1-3H3. The molecule has 0 aliphatic rings. The van der Waals surface area contributed by atoms with Gasteiger partial charge in [-0.15, -0.1) is 0 Å². The summed E-state index contributed by atoms with van der Waals surface area (Å²) in [6.07, 6.45) is 1.91. The fourth-order valence-electron chi connectivity index (χ4n) is 2.04. The first kappa shape index (κ1) is 11.5. The molecular formula is C13H16ClNO. The molecule has 0 unspecified atom stereocenters. The Hall–Kier alpha value is -0.990. The van der Waals surface area contributed by atoms with Gasteiger partial charge in [-0.3, -0.25) is 0 Å². The van der Waals surface area contributed by atoms with Crippen molar-refractivity contribution in [3.8, 4) is 0 Å². The van der Waals surface area contributed by atoms with Crippen molar-refractivity contribution in [2.45, 2.75) is 19.3 Å². The van der Waals surface area contributed by atoms with Gasteiger partial charge in [-0.2, -0.15) is 0 Å². The lowest BCUT2D eigenvalue weighted by molar-refractivity contribution is 0.219. The van der Waals surface area contributed by atoms with Crippen molar-refractivity contribution in [1.82, 2.24) is 4.57 Å². The molecule has 1 aromatic heterocycles. The van der Waals surface area contributed by atoms with Gasteiger partial charge in [-0.1, -0.05) is 37.6 Å². The van der Waals surface area contributed by atoms with Crippen molar-refractivity contribution in [3.05, 3.63) is 35.0 Å². The van der Waals surface area contributed by atoms with Gasteiger partial charge in [0.1, 0.15) is 0 Å². The van der Waals surface area contributed by atoms with Crippen LogP contribution in [0.25, 0.3) is 10.9 Å². The largest absolute Gasteiger partial charge is 0.395 e. The minimum absolute atomic E-state index is 0.108. The maximum atomic E-state index is 9.45. The number of aliphatic hydroxyl groups excluding tert-OH is 1. The van der Waals surface area contributed by atoms with Crippen LogP contribution in [0.15, 0.2) is 24.4 Å². The van der Waals surface area contributed by atoms with Crippen LogP contribution in [0.5, 0.6) is 0 Å². The summed E-state index contributed by atoms with van der Waals surface area (Å²) in [5.41, 5.74) is 1.92. The molecule has 0 saturated heterocycles. The quantitative estimate of drug-likeness (QED) is 0.853. The van der Waals surface area contributed by atoms with Crippen LogP contribution in [0.2, 0.25) is 5.02 Å². The molecule has 0 amide bonds. The van der Waals surface area contributed by atoms with Crippen LogP contribution in [0, 0.1) is 0 Å². The van der Waals surface area contributed by atoms with E-state index in [1.165, 1.54) is 0 Å². The monoisotopic (exact) mass is 237 g/mol. The van der Waals surface area contributed by atoms with Crippen LogP contribution in [0.4, 0.5) is 0 Å². The van der Waals surface area contributed by atoms with Crippen LogP contribution >= 0.6 is 11.6 Å². The number of rotatable bonds is 2. The van der Waals surface area contributed by atoms with Gasteiger partial charge in [0.15, 0.2) is 0 Å². The van der Waals surface area contributed by atoms with Crippen molar-refractivity contribution >= 4 is 22.5 Å². The highest BCUT2D eigenvalue weighted by Crippen LogP contribution is 2.35. The molecule has 0 radical (unpaired) electrons. The van der Waals surface area contributed by atoms with Gasteiger partial charge < -0.3 is 9.67 Å². The predicted molar refractivity (Wildman–Crippen MR) is 68.0 cm³/mol. The van der Waals surface area contributed by atoms with E-state index in [9.17, 15) is 5.11 Å². The maximum Gasteiger partial charge on any atom is 0.0664 e. The number of hydrogen-bond donors (Lipinski definition) is 1. The van der Waals surface area contributed by atoms with Crippen molar-refractivity contribution in [3.63, 3.8) is 0 Å². The summed E-state index contributed by atoms with van der Waals surface area (Å²) < 4.78 is 2.01. The molecule has 2 nitrogen and oxygen atoms in total. The zero-order valence-corrected chi connectivity index (χ0v) is 10.5. The number of aromatic nitrogens is 1. The Morgan fingerprint density at radius 3 is 2.69 bits per heavy atom. The average Bonchev–Trinajstić information content (AvgIpc) is 2.55. The van der Waals surface area contributed by atoms with Crippen LogP contribution in [-0.2, 0) is 12.5 Å². The van der Waals surface area contributed by atoms with E-state index in [4.69, 9.17) is 11.6 Å². The molecule has 2 rings (SSSR count). The Morgan fingerprint density at radius 2 is 2.06 bits per heavy atom. The first-order valence-corrected chi connectivity index (χ1v) is 5.70. The first-order valence-electron chi connectivity index (χ1n) is 5.32. The lowest BCUT2D eigenvalue weighted by Gasteiger charge is -2.23. The third-order valence-electron chi connectivity index (χ3n) is 3.09. The third kappa shape index (κ3) is 1.62. The molecule has 1 heterocycles. The highest BCUT2D eigenvalue weighted by Gasteiger charge is 2.23. The van der Waals surface area contributed by atoms with Crippen molar-refractivity contribution in [1.29, 1.82) is 0 Å². The van der Waals surface area contributed by atoms with E-state index >= 15 is 0 Å². The Morgan fingerprint density at radius 1 is 1.38 bits per heavy atom. The molecule has 3 heteroatoms. The molecule has 0 bridgehead atoms. The molecule has 86 valence electrons. The van der Waals surface area contributed by atoms with E-state index in [1.54, 1.807) is 0 Å². The third-order valence-corrected chi connectivity index (χ3v) is 3.38. The number of hydrogen-bond acceptors (Lipinski definition) is 1. The lowest BCUT2D eigenvalue weighted by atomic mass is 9.83. The molecule has 16 heavy (non-hydrogen) atoms. The van der Waals surface area contributed by atoms with Gasteiger partial charge >= 0.3 is 0 Å². The Balaban J connectivity index is 2.81. The molecule has 1 aromatic carbocycles. The van der Waals surface area contributed by atoms with Gasteiger partial charge in [0.05, 0.1) is 11.6 Å². The van der Waals surface area contributed by atoms with Gasteiger partial charge in [0.2, 0.25) is 0 Å². The molecule has 0 atom stereocenters. The van der Waals surface area contributed by atoms with Gasteiger partial charge in [0.25, 0.3) is 0 Å². The minimum Gasteiger partial charge on any atom is -0.395 e. The minimum atomic E-state index is -0.273. The van der Waals surface area contributed by atoms with E-state index in [-0.39, 0.29) is 12.0 Å². The van der Waals surface area contributed by atoms with E-state index in [2.05, 4.69) is 0 Å². The lowest BCUT2D eigenvalue weighted by Crippen LogP contribution is -2.22. The summed E-state index contributed by atoms with van der Waals surface area (Å²) in [5.74, 6) is 0. The van der Waals surface area contributed by atoms with E-state index in [0.29, 0.717) is 0 Å². The summed E-state index contributed by atoms with van der Waals surface area (Å²) in [7, 11) is 1.98. The summed E-state index contributed by atoms with van der Waals surface area (Å²) in [6, 6.07) is 6.08. The number of aliphatic hydroxyl groups is 1. The van der Waals surface area contributed by atoms with Crippen LogP contribution in [0.1, 0.15) is 19.4 Å². The first-order chi connectivity index (χ1) is 7.47. The number of nitrogens with zero attached hydrogens (tertiary/aromatic N) is 1. The van der Waals surface area contributed by atoms with Gasteiger partial charge in [0, 0.05) is 29.6 Å². The summed E-state index contributed by atoms with van der Waals surface area (Å²) in [6.45, 7) is 4.15. The predicted octanol–water partition coefficient (Wildman–Crippen LogP) is 3.10. The van der Waals surface area contributed by atoms with E-state index in [0.717, 1.165) is 21.5 Å². The van der Waals surface area contributed by atoms with Crippen molar-refractivity contribution in [2.75, 3.05) is 6.61 Å². The smallest absolute Gasteiger partial charge is 0.0664 e. The van der Waals surface area contributed by atoms with Gasteiger partial charge in [-0.25, -0.2) is 0 Å². The topological polar surface area (TPSA) is 25.2 Å². The fraction of sp³-hybridized carbons (Fsp3) is 0.385. The SMILES string of the molecule is Cn1cc(Cl)c2c(C(C)(C)CO)cccc21. The number of halogens is 1. The molecule has 2 aromatic rings. The molecule has 0 spiro atoms. The zero-order chi connectivity index (χ0) is 11.9. The second kappa shape index (κ2) is 3.79. The fourth-order valence-corrected chi connectivity index (χ4v) is 2.38. The maximum absolute atomic E-state index is 9.45. The van der Waals surface area contributed by atoms with Crippen LogP contribution in [0.3, 0.4) is 0 Å². The van der Waals surface area contributed by atoms with Gasteiger partial charge in [-0.05, 0) is 11.6 Å². The van der Waals surface area contributed by atoms with E-state index in [1.807, 2.05) is 49.9 Å². The molecular weight excluding hydrogens is 222 g/mol. The molecule has 0 aliphatic heterocycles. The summed E-state index contributed by atoms with van der Waals surface area (Å²) >= 11 is 6.24. The summed E-state index contributed by atoms with van der Waals surface area (Å²) in [4.78, 5) is 0. The zero-order valence-electron chi connectivity index (χ0n) is 9.79. The van der Waals surface area contributed by atoms with Crippen LogP contribution < -0.4 is 0 Å². The molecule has 0 saturated carbocycles. The Bertz CT molecular complexity index is 528. The second-order valence-corrected chi connectivity index (χ2v) is 5.24. The normalized spacial score (nSPS) is 12.3. The Kier molecular flexibility index (Phi) is 2.72. The molecule has 0 fully saturated rings. The number of aryl methyl sites for hydroxylation is 1.